The maximum Gasteiger partial charge on any atom is 0.293 e. The molecular formula is C17H17N5O2. The summed E-state index contributed by atoms with van der Waals surface area (Å²) >= 11 is 0. The lowest BCUT2D eigenvalue weighted by atomic mass is 10.1. The maximum atomic E-state index is 11.3. The molecule has 1 aromatic heterocycles. The van der Waals surface area contributed by atoms with E-state index in [4.69, 9.17) is 0 Å². The van der Waals surface area contributed by atoms with E-state index in [0.29, 0.717) is 35.5 Å². The van der Waals surface area contributed by atoms with Gasteiger partial charge in [-0.25, -0.2) is 9.97 Å². The van der Waals surface area contributed by atoms with Gasteiger partial charge >= 0.3 is 0 Å². The number of hydrogen-bond acceptors (Lipinski definition) is 6. The molecule has 0 aliphatic heterocycles. The Kier molecular flexibility index (Phi) is 4.51. The predicted octanol–water partition coefficient (Wildman–Crippen LogP) is 3.58. The van der Waals surface area contributed by atoms with Crippen molar-refractivity contribution in [1.29, 1.82) is 0 Å². The van der Waals surface area contributed by atoms with Crippen LogP contribution in [-0.2, 0) is 6.54 Å². The zero-order chi connectivity index (χ0) is 16.9. The molecule has 0 spiro atoms. The van der Waals surface area contributed by atoms with Gasteiger partial charge in [0.25, 0.3) is 5.69 Å². The van der Waals surface area contributed by atoms with Crippen molar-refractivity contribution < 1.29 is 4.92 Å². The summed E-state index contributed by atoms with van der Waals surface area (Å²) < 4.78 is 0. The largest absolute Gasteiger partial charge is 0.380 e. The number of aromatic nitrogens is 2. The van der Waals surface area contributed by atoms with Gasteiger partial charge in [0.15, 0.2) is 0 Å². The van der Waals surface area contributed by atoms with Crippen LogP contribution in [0.1, 0.15) is 12.5 Å². The molecule has 24 heavy (non-hydrogen) atoms. The molecule has 0 bridgehead atoms. The lowest BCUT2D eigenvalue weighted by molar-refractivity contribution is -0.383. The highest BCUT2D eigenvalue weighted by atomic mass is 16.6. The van der Waals surface area contributed by atoms with Gasteiger partial charge < -0.3 is 10.6 Å². The third-order valence-corrected chi connectivity index (χ3v) is 3.62. The van der Waals surface area contributed by atoms with Crippen LogP contribution in [0, 0.1) is 10.1 Å². The first-order valence-electron chi connectivity index (χ1n) is 7.64. The molecule has 3 aromatic rings. The lowest BCUT2D eigenvalue weighted by Crippen LogP contribution is -2.05. The van der Waals surface area contributed by atoms with Gasteiger partial charge in [0.05, 0.1) is 10.4 Å². The Morgan fingerprint density at radius 3 is 2.62 bits per heavy atom. The highest BCUT2D eigenvalue weighted by Gasteiger charge is 2.17. The van der Waals surface area contributed by atoms with Crippen LogP contribution in [0.3, 0.4) is 0 Å². The van der Waals surface area contributed by atoms with Crippen molar-refractivity contribution in [1.82, 2.24) is 9.97 Å². The first-order valence-corrected chi connectivity index (χ1v) is 7.64. The molecule has 1 heterocycles. The van der Waals surface area contributed by atoms with E-state index >= 15 is 0 Å². The van der Waals surface area contributed by atoms with Gasteiger partial charge in [0.1, 0.15) is 17.8 Å². The SMILES string of the molecule is CCNc1cc2ncnc(NCc3ccccc3)c2cc1[N+](=O)[O-]. The molecule has 0 fully saturated rings. The van der Waals surface area contributed by atoms with Crippen molar-refractivity contribution in [2.75, 3.05) is 17.2 Å². The molecule has 0 saturated heterocycles. The minimum atomic E-state index is -0.397. The van der Waals surface area contributed by atoms with Gasteiger partial charge in [-0.2, -0.15) is 0 Å². The second-order valence-corrected chi connectivity index (χ2v) is 5.24. The average Bonchev–Trinajstić information content (AvgIpc) is 2.60. The quantitative estimate of drug-likeness (QED) is 0.532. The van der Waals surface area contributed by atoms with Gasteiger partial charge in [-0.15, -0.1) is 0 Å². The summed E-state index contributed by atoms with van der Waals surface area (Å²) in [6.45, 7) is 3.06. The molecule has 7 heteroatoms. The van der Waals surface area contributed by atoms with Crippen LogP contribution >= 0.6 is 0 Å². The summed E-state index contributed by atoms with van der Waals surface area (Å²) in [5, 5.41) is 18.2. The number of nitro groups is 1. The third kappa shape index (κ3) is 3.24. The fraction of sp³-hybridized carbons (Fsp3) is 0.176. The number of nitro benzene ring substituents is 1. The molecule has 0 aliphatic rings. The summed E-state index contributed by atoms with van der Waals surface area (Å²) in [5.74, 6) is 0.579. The Balaban J connectivity index is 1.99. The smallest absolute Gasteiger partial charge is 0.293 e. The molecular weight excluding hydrogens is 306 g/mol. The van der Waals surface area contributed by atoms with Gasteiger partial charge in [-0.05, 0) is 18.6 Å². The van der Waals surface area contributed by atoms with Crippen molar-refractivity contribution >= 4 is 28.1 Å². The van der Waals surface area contributed by atoms with E-state index in [9.17, 15) is 10.1 Å². The number of nitrogens with one attached hydrogen (secondary N) is 2. The Morgan fingerprint density at radius 1 is 1.12 bits per heavy atom. The minimum absolute atomic E-state index is 0.0157. The normalized spacial score (nSPS) is 10.5. The Bertz CT molecular complexity index is 867. The number of nitrogens with zero attached hydrogens (tertiary/aromatic N) is 3. The molecule has 0 atom stereocenters. The molecule has 0 aliphatic carbocycles. The molecule has 0 radical (unpaired) electrons. The fourth-order valence-electron chi connectivity index (χ4n) is 2.50. The van der Waals surface area contributed by atoms with Crippen molar-refractivity contribution in [3.05, 3.63) is 64.5 Å². The van der Waals surface area contributed by atoms with Gasteiger partial charge in [0.2, 0.25) is 0 Å². The number of hydrogen-bond donors (Lipinski definition) is 2. The summed E-state index contributed by atoms with van der Waals surface area (Å²) in [7, 11) is 0. The van der Waals surface area contributed by atoms with E-state index in [-0.39, 0.29) is 5.69 Å². The number of anilines is 2. The molecule has 7 nitrogen and oxygen atoms in total. The maximum absolute atomic E-state index is 11.3. The highest BCUT2D eigenvalue weighted by molar-refractivity contribution is 5.94. The first-order chi connectivity index (χ1) is 11.7. The molecule has 122 valence electrons. The Labute approximate surface area is 138 Å². The second kappa shape index (κ2) is 6.91. The van der Waals surface area contributed by atoms with Crippen molar-refractivity contribution in [2.24, 2.45) is 0 Å². The van der Waals surface area contributed by atoms with Crippen LogP contribution in [0.5, 0.6) is 0 Å². The van der Waals surface area contributed by atoms with Crippen molar-refractivity contribution in [2.45, 2.75) is 13.5 Å². The second-order valence-electron chi connectivity index (χ2n) is 5.24. The van der Waals surface area contributed by atoms with E-state index in [0.717, 1.165) is 5.56 Å². The third-order valence-electron chi connectivity index (χ3n) is 3.62. The standard InChI is InChI=1S/C17H17N5O2/c1-2-18-15-9-14-13(8-16(15)22(23)24)17(21-11-20-14)19-10-12-6-4-3-5-7-12/h3-9,11,18H,2,10H2,1H3,(H,19,20,21). The van der Waals surface area contributed by atoms with Crippen molar-refractivity contribution in [3.8, 4) is 0 Å². The zero-order valence-electron chi connectivity index (χ0n) is 13.2. The predicted molar refractivity (Wildman–Crippen MR) is 94.1 cm³/mol. The molecule has 0 saturated carbocycles. The lowest BCUT2D eigenvalue weighted by Gasteiger charge is -2.10. The topological polar surface area (TPSA) is 93.0 Å². The van der Waals surface area contributed by atoms with E-state index in [2.05, 4.69) is 20.6 Å². The summed E-state index contributed by atoms with van der Waals surface area (Å²) in [4.78, 5) is 19.4. The Hall–Kier alpha value is -3.22. The van der Waals surface area contributed by atoms with E-state index in [1.807, 2.05) is 37.3 Å². The number of benzene rings is 2. The van der Waals surface area contributed by atoms with Crippen LogP contribution in [0.2, 0.25) is 0 Å². The number of fused-ring (bicyclic) bond motifs is 1. The number of rotatable bonds is 6. The van der Waals surface area contributed by atoms with E-state index in [1.54, 1.807) is 6.07 Å². The van der Waals surface area contributed by atoms with Gasteiger partial charge in [-0.3, -0.25) is 10.1 Å². The average molecular weight is 323 g/mol. The molecule has 2 aromatic carbocycles. The van der Waals surface area contributed by atoms with E-state index in [1.165, 1.54) is 12.4 Å². The van der Waals surface area contributed by atoms with E-state index < -0.39 is 4.92 Å². The Morgan fingerprint density at radius 2 is 1.92 bits per heavy atom. The zero-order valence-corrected chi connectivity index (χ0v) is 13.2. The molecule has 0 unspecified atom stereocenters. The van der Waals surface area contributed by atoms with Crippen LogP contribution in [0.25, 0.3) is 10.9 Å². The summed E-state index contributed by atoms with van der Waals surface area (Å²) in [6.07, 6.45) is 1.46. The molecule has 0 amide bonds. The monoisotopic (exact) mass is 323 g/mol. The van der Waals surface area contributed by atoms with Crippen LogP contribution in [0.15, 0.2) is 48.8 Å². The fourth-order valence-corrected chi connectivity index (χ4v) is 2.50. The molecule has 3 rings (SSSR count). The molecule has 2 N–H and O–H groups in total. The minimum Gasteiger partial charge on any atom is -0.380 e. The van der Waals surface area contributed by atoms with Crippen LogP contribution < -0.4 is 10.6 Å². The summed E-state index contributed by atoms with van der Waals surface area (Å²) in [5.41, 5.74) is 2.23. The van der Waals surface area contributed by atoms with Gasteiger partial charge in [-0.1, -0.05) is 30.3 Å². The van der Waals surface area contributed by atoms with Crippen molar-refractivity contribution in [3.63, 3.8) is 0 Å². The van der Waals surface area contributed by atoms with Gasteiger partial charge in [0, 0.05) is 24.5 Å². The highest BCUT2D eigenvalue weighted by Crippen LogP contribution is 2.32. The van der Waals surface area contributed by atoms with Crippen LogP contribution in [-0.4, -0.2) is 21.4 Å². The first kappa shape index (κ1) is 15.7. The van der Waals surface area contributed by atoms with Crippen LogP contribution in [0.4, 0.5) is 17.2 Å². The summed E-state index contributed by atoms with van der Waals surface area (Å²) in [6, 6.07) is 13.1.